The standard InChI is InChI=1S/C18H39P.C3H9N/c1-2-3-4-5-6-7-8-9-10-11-12-13-14-15-16-17-18-19;1-4(2)3/h2-19H2,1H3;1-3H3. The lowest BCUT2D eigenvalue weighted by molar-refractivity contribution is 0.505. The van der Waals surface area contributed by atoms with Gasteiger partial charge in [-0.2, -0.15) is 0 Å². The van der Waals surface area contributed by atoms with Gasteiger partial charge in [-0.05, 0) is 33.7 Å². The van der Waals surface area contributed by atoms with Crippen molar-refractivity contribution in [2.75, 3.05) is 27.3 Å². The molecule has 0 bridgehead atoms. The van der Waals surface area contributed by atoms with Crippen LogP contribution < -0.4 is 0 Å². The summed E-state index contributed by atoms with van der Waals surface area (Å²) in [6.07, 6.45) is 24.7. The quantitative estimate of drug-likeness (QED) is 0.209. The van der Waals surface area contributed by atoms with Gasteiger partial charge in [0.25, 0.3) is 0 Å². The fourth-order valence-corrected chi connectivity index (χ4v) is 2.98. The van der Waals surface area contributed by atoms with Crippen molar-refractivity contribution in [3.63, 3.8) is 0 Å². The van der Waals surface area contributed by atoms with Crippen LogP contribution in [0.4, 0.5) is 0 Å². The highest BCUT2D eigenvalue weighted by Crippen LogP contribution is 2.13. The molecule has 0 saturated carbocycles. The third kappa shape index (κ3) is 34.7. The van der Waals surface area contributed by atoms with Crippen molar-refractivity contribution in [2.45, 2.75) is 110 Å². The predicted molar refractivity (Wildman–Crippen MR) is 114 cm³/mol. The molecule has 0 fully saturated rings. The molecule has 0 spiro atoms. The second-order valence-electron chi connectivity index (χ2n) is 7.43. The second-order valence-corrected chi connectivity index (χ2v) is 8.01. The summed E-state index contributed by atoms with van der Waals surface area (Å²) in [6, 6.07) is 0. The van der Waals surface area contributed by atoms with Crippen LogP contribution in [0.25, 0.3) is 0 Å². The Morgan fingerprint density at radius 1 is 0.478 bits per heavy atom. The van der Waals surface area contributed by atoms with Gasteiger partial charge >= 0.3 is 0 Å². The van der Waals surface area contributed by atoms with E-state index in [1.165, 1.54) is 109 Å². The van der Waals surface area contributed by atoms with Gasteiger partial charge in [0.2, 0.25) is 0 Å². The first-order valence-corrected chi connectivity index (χ1v) is 11.3. The molecular formula is C21H48NP. The highest BCUT2D eigenvalue weighted by atomic mass is 31.0. The van der Waals surface area contributed by atoms with E-state index in [0.717, 1.165) is 0 Å². The molecule has 0 rings (SSSR count). The zero-order valence-corrected chi connectivity index (χ0v) is 18.2. The Morgan fingerprint density at radius 3 is 0.913 bits per heavy atom. The Balaban J connectivity index is 0. The van der Waals surface area contributed by atoms with E-state index in [9.17, 15) is 0 Å². The third-order valence-corrected chi connectivity index (χ3v) is 4.47. The van der Waals surface area contributed by atoms with Crippen LogP contribution in [0.1, 0.15) is 110 Å². The van der Waals surface area contributed by atoms with E-state index in [2.05, 4.69) is 16.2 Å². The Labute approximate surface area is 151 Å². The van der Waals surface area contributed by atoms with Gasteiger partial charge < -0.3 is 4.90 Å². The average Bonchev–Trinajstić information content (AvgIpc) is 2.50. The first kappa shape index (κ1) is 25.6. The lowest BCUT2D eigenvalue weighted by Crippen LogP contribution is -1.99. The zero-order chi connectivity index (χ0) is 17.6. The Bertz CT molecular complexity index is 164. The summed E-state index contributed by atoms with van der Waals surface area (Å²) in [5.74, 6) is 0. The van der Waals surface area contributed by atoms with Crippen LogP contribution in [-0.4, -0.2) is 32.2 Å². The van der Waals surface area contributed by atoms with E-state index >= 15 is 0 Å². The molecule has 0 aliphatic heterocycles. The summed E-state index contributed by atoms with van der Waals surface area (Å²) in [5, 5.41) is 0. The molecule has 0 radical (unpaired) electrons. The maximum atomic E-state index is 2.83. The minimum Gasteiger partial charge on any atom is -0.312 e. The van der Waals surface area contributed by atoms with Gasteiger partial charge in [-0.25, -0.2) is 0 Å². The maximum absolute atomic E-state index is 2.83. The predicted octanol–water partition coefficient (Wildman–Crippen LogP) is 7.30. The van der Waals surface area contributed by atoms with E-state index in [0.29, 0.717) is 0 Å². The molecule has 2 heteroatoms. The molecule has 1 nitrogen and oxygen atoms in total. The van der Waals surface area contributed by atoms with Crippen LogP contribution in [0.5, 0.6) is 0 Å². The van der Waals surface area contributed by atoms with Crippen molar-refractivity contribution in [1.82, 2.24) is 4.90 Å². The van der Waals surface area contributed by atoms with Crippen LogP contribution in [0.3, 0.4) is 0 Å². The number of hydrogen-bond acceptors (Lipinski definition) is 1. The van der Waals surface area contributed by atoms with Crippen molar-refractivity contribution in [2.24, 2.45) is 0 Å². The second kappa shape index (κ2) is 24.6. The average molecular weight is 346 g/mol. The Hall–Kier alpha value is 0.390. The smallest absolute Gasteiger partial charge is 0.0140 e. The van der Waals surface area contributed by atoms with Gasteiger partial charge in [0, 0.05) is 0 Å². The van der Waals surface area contributed by atoms with Gasteiger partial charge in [-0.3, -0.25) is 0 Å². The number of unbranched alkanes of at least 4 members (excludes halogenated alkanes) is 15. The molecule has 23 heavy (non-hydrogen) atoms. The highest BCUT2D eigenvalue weighted by molar-refractivity contribution is 7.16. The van der Waals surface area contributed by atoms with Crippen molar-refractivity contribution >= 4 is 9.24 Å². The SMILES string of the molecule is CCCCCCCCCCCCCCCCCCP.CN(C)C. The first-order chi connectivity index (χ1) is 11.1. The molecule has 142 valence electrons. The van der Waals surface area contributed by atoms with Crippen molar-refractivity contribution in [3.05, 3.63) is 0 Å². The fourth-order valence-electron chi connectivity index (χ4n) is 2.69. The minimum absolute atomic E-state index is 1.29. The summed E-state index contributed by atoms with van der Waals surface area (Å²) in [5.41, 5.74) is 0. The van der Waals surface area contributed by atoms with E-state index in [1.54, 1.807) is 0 Å². The Morgan fingerprint density at radius 2 is 0.696 bits per heavy atom. The molecule has 0 amide bonds. The molecule has 0 aromatic rings. The van der Waals surface area contributed by atoms with Gasteiger partial charge in [-0.15, -0.1) is 9.24 Å². The minimum atomic E-state index is 1.29. The molecule has 0 N–H and O–H groups in total. The summed E-state index contributed by atoms with van der Waals surface area (Å²) in [6.45, 7) is 2.29. The summed E-state index contributed by atoms with van der Waals surface area (Å²) in [7, 11) is 8.83. The van der Waals surface area contributed by atoms with Crippen molar-refractivity contribution in [1.29, 1.82) is 0 Å². The lowest BCUT2D eigenvalue weighted by atomic mass is 10.0. The van der Waals surface area contributed by atoms with Gasteiger partial charge in [0.1, 0.15) is 0 Å². The van der Waals surface area contributed by atoms with E-state index in [-0.39, 0.29) is 0 Å². The van der Waals surface area contributed by atoms with E-state index in [4.69, 9.17) is 0 Å². The van der Waals surface area contributed by atoms with E-state index < -0.39 is 0 Å². The monoisotopic (exact) mass is 345 g/mol. The zero-order valence-electron chi connectivity index (χ0n) is 17.0. The Kier molecular flexibility index (Phi) is 27.5. The molecule has 1 atom stereocenters. The fraction of sp³-hybridized carbons (Fsp3) is 1.00. The number of nitrogens with zero attached hydrogens (tertiary/aromatic N) is 1. The van der Waals surface area contributed by atoms with Crippen LogP contribution >= 0.6 is 9.24 Å². The van der Waals surface area contributed by atoms with Crippen LogP contribution in [0.15, 0.2) is 0 Å². The number of hydrogen-bond donors (Lipinski definition) is 0. The maximum Gasteiger partial charge on any atom is -0.0140 e. The molecule has 0 aromatic heterocycles. The summed E-state index contributed by atoms with van der Waals surface area (Å²) in [4.78, 5) is 2.00. The number of rotatable bonds is 16. The first-order valence-electron chi connectivity index (χ1n) is 10.5. The van der Waals surface area contributed by atoms with Crippen molar-refractivity contribution < 1.29 is 0 Å². The van der Waals surface area contributed by atoms with Crippen LogP contribution in [0.2, 0.25) is 0 Å². The van der Waals surface area contributed by atoms with Gasteiger partial charge in [-0.1, -0.05) is 103 Å². The molecule has 0 heterocycles. The van der Waals surface area contributed by atoms with Crippen LogP contribution in [-0.2, 0) is 0 Å². The molecule has 0 saturated heterocycles. The highest BCUT2D eigenvalue weighted by Gasteiger charge is 1.94. The summed E-state index contributed by atoms with van der Waals surface area (Å²) < 4.78 is 0. The van der Waals surface area contributed by atoms with Gasteiger partial charge in [0.15, 0.2) is 0 Å². The molecule has 1 unspecified atom stereocenters. The van der Waals surface area contributed by atoms with Gasteiger partial charge in [0.05, 0.1) is 0 Å². The third-order valence-electron chi connectivity index (χ3n) is 4.06. The largest absolute Gasteiger partial charge is 0.312 e. The summed E-state index contributed by atoms with van der Waals surface area (Å²) >= 11 is 0. The normalized spacial score (nSPS) is 10.7. The van der Waals surface area contributed by atoms with Crippen LogP contribution in [0, 0.1) is 0 Å². The molecule has 0 aliphatic rings. The van der Waals surface area contributed by atoms with Crippen molar-refractivity contribution in [3.8, 4) is 0 Å². The molecule has 0 aromatic carbocycles. The topological polar surface area (TPSA) is 3.24 Å². The lowest BCUT2D eigenvalue weighted by Gasteiger charge is -2.03. The molecular weight excluding hydrogens is 297 g/mol. The molecule has 0 aliphatic carbocycles. The van der Waals surface area contributed by atoms with E-state index in [1.807, 2.05) is 26.0 Å².